The molecular formula is C8H11N3. The molecule has 1 saturated heterocycles. The van der Waals surface area contributed by atoms with Gasteiger partial charge in [0.1, 0.15) is 0 Å². The van der Waals surface area contributed by atoms with Crippen molar-refractivity contribution in [2.45, 2.75) is 12.8 Å². The summed E-state index contributed by atoms with van der Waals surface area (Å²) in [6.45, 7) is 2.28. The maximum atomic E-state index is 4.04. The highest BCUT2D eigenvalue weighted by atomic mass is 15.3. The summed E-state index contributed by atoms with van der Waals surface area (Å²) < 4.78 is 0. The van der Waals surface area contributed by atoms with Crippen LogP contribution < -0.4 is 4.90 Å². The van der Waals surface area contributed by atoms with E-state index >= 15 is 0 Å². The standard InChI is InChI=1S/C8H11N3/c1-2-7-11(6-1)8-4-3-5-9-10-8/h3-5H,1-2,6-7H2. The molecule has 0 amide bonds. The first kappa shape index (κ1) is 6.58. The van der Waals surface area contributed by atoms with Crippen molar-refractivity contribution in [3.63, 3.8) is 0 Å². The summed E-state index contributed by atoms with van der Waals surface area (Å²) in [6.07, 6.45) is 4.28. The van der Waals surface area contributed by atoms with Crippen LogP contribution in [0.5, 0.6) is 0 Å². The molecule has 0 spiro atoms. The third-order valence-corrected chi connectivity index (χ3v) is 1.99. The summed E-state index contributed by atoms with van der Waals surface area (Å²) in [5, 5.41) is 7.87. The molecule has 0 unspecified atom stereocenters. The molecule has 1 aliphatic heterocycles. The topological polar surface area (TPSA) is 29.0 Å². The minimum absolute atomic E-state index is 1.02. The third kappa shape index (κ3) is 1.31. The Morgan fingerprint density at radius 2 is 2.09 bits per heavy atom. The van der Waals surface area contributed by atoms with Crippen LogP contribution in [0.4, 0.5) is 5.82 Å². The third-order valence-electron chi connectivity index (χ3n) is 1.99. The van der Waals surface area contributed by atoms with Gasteiger partial charge in [-0.25, -0.2) is 0 Å². The molecule has 0 atom stereocenters. The summed E-state index contributed by atoms with van der Waals surface area (Å²) in [7, 11) is 0. The Morgan fingerprint density at radius 1 is 1.27 bits per heavy atom. The molecule has 1 aliphatic rings. The molecule has 1 fully saturated rings. The Hall–Kier alpha value is -1.12. The summed E-state index contributed by atoms with van der Waals surface area (Å²) in [5.74, 6) is 1.02. The summed E-state index contributed by atoms with van der Waals surface area (Å²) in [5.41, 5.74) is 0. The normalized spacial score (nSPS) is 17.3. The predicted octanol–water partition coefficient (Wildman–Crippen LogP) is 1.08. The molecular weight excluding hydrogens is 138 g/mol. The second-order valence-electron chi connectivity index (χ2n) is 2.78. The lowest BCUT2D eigenvalue weighted by Gasteiger charge is -2.14. The summed E-state index contributed by atoms with van der Waals surface area (Å²) in [6, 6.07) is 3.94. The zero-order valence-electron chi connectivity index (χ0n) is 6.40. The van der Waals surface area contributed by atoms with Gasteiger partial charge in [-0.15, -0.1) is 5.10 Å². The molecule has 3 nitrogen and oxygen atoms in total. The molecule has 11 heavy (non-hydrogen) atoms. The first-order chi connectivity index (χ1) is 5.47. The number of aromatic nitrogens is 2. The molecule has 0 radical (unpaired) electrons. The van der Waals surface area contributed by atoms with E-state index in [1.807, 2.05) is 12.1 Å². The van der Waals surface area contributed by atoms with Crippen LogP contribution in [-0.4, -0.2) is 23.3 Å². The average Bonchev–Trinajstić information content (AvgIpc) is 2.58. The highest BCUT2D eigenvalue weighted by Crippen LogP contribution is 2.15. The zero-order chi connectivity index (χ0) is 7.52. The molecule has 0 bridgehead atoms. The average molecular weight is 149 g/mol. The number of hydrogen-bond acceptors (Lipinski definition) is 3. The van der Waals surface area contributed by atoms with Gasteiger partial charge in [0.25, 0.3) is 0 Å². The first-order valence-electron chi connectivity index (χ1n) is 3.99. The lowest BCUT2D eigenvalue weighted by atomic mass is 10.4. The van der Waals surface area contributed by atoms with Gasteiger partial charge in [-0.1, -0.05) is 0 Å². The number of nitrogens with zero attached hydrogens (tertiary/aromatic N) is 3. The molecule has 58 valence electrons. The SMILES string of the molecule is c1cnnc(N2CCCC2)c1. The minimum Gasteiger partial charge on any atom is -0.355 e. The van der Waals surface area contributed by atoms with Gasteiger partial charge in [0.05, 0.1) is 0 Å². The molecule has 0 aromatic carbocycles. The van der Waals surface area contributed by atoms with E-state index in [1.165, 1.54) is 12.8 Å². The van der Waals surface area contributed by atoms with Crippen LogP contribution in [0.1, 0.15) is 12.8 Å². The highest BCUT2D eigenvalue weighted by molar-refractivity contribution is 5.36. The largest absolute Gasteiger partial charge is 0.355 e. The molecule has 0 aliphatic carbocycles. The number of rotatable bonds is 1. The van der Waals surface area contributed by atoms with Crippen molar-refractivity contribution in [2.75, 3.05) is 18.0 Å². The van der Waals surface area contributed by atoms with Gasteiger partial charge in [-0.3, -0.25) is 0 Å². The molecule has 2 heterocycles. The van der Waals surface area contributed by atoms with Crippen molar-refractivity contribution < 1.29 is 0 Å². The minimum atomic E-state index is 1.02. The Bertz CT molecular complexity index is 216. The van der Waals surface area contributed by atoms with E-state index < -0.39 is 0 Å². The van der Waals surface area contributed by atoms with Crippen molar-refractivity contribution >= 4 is 5.82 Å². The van der Waals surface area contributed by atoms with Crippen LogP contribution >= 0.6 is 0 Å². The highest BCUT2D eigenvalue weighted by Gasteiger charge is 2.12. The summed E-state index contributed by atoms with van der Waals surface area (Å²) in [4.78, 5) is 2.27. The molecule has 0 saturated carbocycles. The molecule has 3 heteroatoms. The maximum absolute atomic E-state index is 4.04. The van der Waals surface area contributed by atoms with E-state index in [9.17, 15) is 0 Å². The van der Waals surface area contributed by atoms with E-state index in [0.717, 1.165) is 18.9 Å². The summed E-state index contributed by atoms with van der Waals surface area (Å²) >= 11 is 0. The van der Waals surface area contributed by atoms with E-state index in [0.29, 0.717) is 0 Å². The Labute approximate surface area is 66.1 Å². The lowest BCUT2D eigenvalue weighted by Crippen LogP contribution is -2.18. The number of anilines is 1. The van der Waals surface area contributed by atoms with Crippen LogP contribution in [0, 0.1) is 0 Å². The van der Waals surface area contributed by atoms with Gasteiger partial charge in [-0.05, 0) is 25.0 Å². The molecule has 0 N–H and O–H groups in total. The predicted molar refractivity (Wildman–Crippen MR) is 43.5 cm³/mol. The van der Waals surface area contributed by atoms with Crippen LogP contribution in [0.3, 0.4) is 0 Å². The quantitative estimate of drug-likeness (QED) is 0.598. The van der Waals surface area contributed by atoms with E-state index in [2.05, 4.69) is 15.1 Å². The second kappa shape index (κ2) is 2.86. The van der Waals surface area contributed by atoms with Crippen molar-refractivity contribution in [3.05, 3.63) is 18.3 Å². The second-order valence-corrected chi connectivity index (χ2v) is 2.78. The molecule has 1 aromatic rings. The van der Waals surface area contributed by atoms with Gasteiger partial charge in [-0.2, -0.15) is 5.10 Å². The smallest absolute Gasteiger partial charge is 0.151 e. The van der Waals surface area contributed by atoms with Crippen molar-refractivity contribution in [1.29, 1.82) is 0 Å². The van der Waals surface area contributed by atoms with Crippen molar-refractivity contribution in [3.8, 4) is 0 Å². The van der Waals surface area contributed by atoms with Crippen LogP contribution in [0.15, 0.2) is 18.3 Å². The van der Waals surface area contributed by atoms with E-state index in [-0.39, 0.29) is 0 Å². The monoisotopic (exact) mass is 149 g/mol. The van der Waals surface area contributed by atoms with Gasteiger partial charge >= 0.3 is 0 Å². The number of hydrogen-bond donors (Lipinski definition) is 0. The van der Waals surface area contributed by atoms with Crippen molar-refractivity contribution in [2.24, 2.45) is 0 Å². The van der Waals surface area contributed by atoms with Crippen molar-refractivity contribution in [1.82, 2.24) is 10.2 Å². The van der Waals surface area contributed by atoms with E-state index in [4.69, 9.17) is 0 Å². The molecule has 1 aromatic heterocycles. The van der Waals surface area contributed by atoms with Gasteiger partial charge < -0.3 is 4.90 Å². The Balaban J connectivity index is 2.16. The zero-order valence-corrected chi connectivity index (χ0v) is 6.40. The Kier molecular flexibility index (Phi) is 1.71. The fraction of sp³-hybridized carbons (Fsp3) is 0.500. The lowest BCUT2D eigenvalue weighted by molar-refractivity contribution is 0.893. The van der Waals surface area contributed by atoms with Gasteiger partial charge in [0.2, 0.25) is 0 Å². The van der Waals surface area contributed by atoms with Gasteiger partial charge in [0, 0.05) is 19.3 Å². The first-order valence-corrected chi connectivity index (χ1v) is 3.99. The fourth-order valence-electron chi connectivity index (χ4n) is 1.41. The fourth-order valence-corrected chi connectivity index (χ4v) is 1.41. The Morgan fingerprint density at radius 3 is 2.73 bits per heavy atom. The van der Waals surface area contributed by atoms with E-state index in [1.54, 1.807) is 6.20 Å². The maximum Gasteiger partial charge on any atom is 0.151 e. The van der Waals surface area contributed by atoms with Gasteiger partial charge in [0.15, 0.2) is 5.82 Å². The van der Waals surface area contributed by atoms with Crippen LogP contribution in [-0.2, 0) is 0 Å². The molecule has 2 rings (SSSR count). The van der Waals surface area contributed by atoms with Crippen LogP contribution in [0.2, 0.25) is 0 Å². The van der Waals surface area contributed by atoms with Crippen LogP contribution in [0.25, 0.3) is 0 Å².